The Morgan fingerprint density at radius 3 is 2.56 bits per heavy atom. The van der Waals surface area contributed by atoms with E-state index >= 15 is 0 Å². The van der Waals surface area contributed by atoms with Gasteiger partial charge in [-0.3, -0.25) is 4.79 Å². The number of hydrogen-bond acceptors (Lipinski definition) is 4. The van der Waals surface area contributed by atoms with Crippen LogP contribution in [0.2, 0.25) is 0 Å². The quantitative estimate of drug-likeness (QED) is 0.850. The van der Waals surface area contributed by atoms with E-state index in [2.05, 4.69) is 5.32 Å². The number of furan rings is 1. The van der Waals surface area contributed by atoms with Crippen LogP contribution in [0.25, 0.3) is 11.3 Å². The molecular formula is C19H21NO5. The molecule has 1 amide bonds. The van der Waals surface area contributed by atoms with Gasteiger partial charge in [0.2, 0.25) is 11.7 Å². The van der Waals surface area contributed by atoms with Gasteiger partial charge >= 0.3 is 5.97 Å². The van der Waals surface area contributed by atoms with E-state index in [9.17, 15) is 9.59 Å². The molecule has 0 saturated heterocycles. The second kappa shape index (κ2) is 7.42. The van der Waals surface area contributed by atoms with Gasteiger partial charge in [0, 0.05) is 17.5 Å². The predicted octanol–water partition coefficient (Wildman–Crippen LogP) is 4.17. The molecule has 1 aliphatic rings. The van der Waals surface area contributed by atoms with Gasteiger partial charge in [-0.1, -0.05) is 19.3 Å². The fourth-order valence-corrected chi connectivity index (χ4v) is 3.17. The third-order valence-electron chi connectivity index (χ3n) is 4.54. The fourth-order valence-electron chi connectivity index (χ4n) is 3.17. The SMILES string of the molecule is COc1ccc(-c2ccc(C(=O)O)o2)c(NC(=O)C2CCCCC2)c1. The Balaban J connectivity index is 1.89. The Labute approximate surface area is 145 Å². The van der Waals surface area contributed by atoms with E-state index in [0.29, 0.717) is 22.8 Å². The number of aromatic carboxylic acids is 1. The molecule has 0 radical (unpaired) electrons. The fraction of sp³-hybridized carbons (Fsp3) is 0.368. The summed E-state index contributed by atoms with van der Waals surface area (Å²) in [7, 11) is 1.55. The predicted molar refractivity (Wildman–Crippen MR) is 92.9 cm³/mol. The number of anilines is 1. The van der Waals surface area contributed by atoms with Crippen LogP contribution in [0.1, 0.15) is 42.7 Å². The highest BCUT2D eigenvalue weighted by atomic mass is 16.5. The first-order chi connectivity index (χ1) is 12.1. The van der Waals surface area contributed by atoms with Crippen molar-refractivity contribution in [2.45, 2.75) is 32.1 Å². The highest BCUT2D eigenvalue weighted by Crippen LogP contribution is 2.34. The molecule has 0 atom stereocenters. The summed E-state index contributed by atoms with van der Waals surface area (Å²) in [5.74, 6) is -0.284. The molecule has 0 unspecified atom stereocenters. The lowest BCUT2D eigenvalue weighted by molar-refractivity contribution is -0.120. The first-order valence-corrected chi connectivity index (χ1v) is 8.41. The highest BCUT2D eigenvalue weighted by Gasteiger charge is 2.23. The third-order valence-corrected chi connectivity index (χ3v) is 4.54. The van der Waals surface area contributed by atoms with E-state index in [1.807, 2.05) is 0 Å². The van der Waals surface area contributed by atoms with Crippen LogP contribution in [0.15, 0.2) is 34.7 Å². The molecule has 1 aromatic heterocycles. The number of carbonyl (C=O) groups excluding carboxylic acids is 1. The van der Waals surface area contributed by atoms with E-state index in [1.54, 1.807) is 31.4 Å². The van der Waals surface area contributed by atoms with Crippen molar-refractivity contribution >= 4 is 17.6 Å². The molecule has 0 aliphatic heterocycles. The van der Waals surface area contributed by atoms with Crippen LogP contribution in [0, 0.1) is 5.92 Å². The minimum absolute atomic E-state index is 0.0129. The molecule has 0 spiro atoms. The lowest BCUT2D eigenvalue weighted by atomic mass is 9.88. The first kappa shape index (κ1) is 17.1. The third kappa shape index (κ3) is 3.84. The normalized spacial score (nSPS) is 14.9. The molecule has 25 heavy (non-hydrogen) atoms. The van der Waals surface area contributed by atoms with E-state index in [1.165, 1.54) is 12.5 Å². The van der Waals surface area contributed by atoms with Gasteiger partial charge in [-0.25, -0.2) is 4.79 Å². The minimum atomic E-state index is -1.13. The second-order valence-corrected chi connectivity index (χ2v) is 6.20. The number of carbonyl (C=O) groups is 2. The smallest absolute Gasteiger partial charge is 0.371 e. The van der Waals surface area contributed by atoms with Crippen molar-refractivity contribution in [3.8, 4) is 17.1 Å². The lowest BCUT2D eigenvalue weighted by Gasteiger charge is -2.21. The Morgan fingerprint density at radius 1 is 1.16 bits per heavy atom. The molecule has 1 aromatic carbocycles. The topological polar surface area (TPSA) is 88.8 Å². The molecule has 6 nitrogen and oxygen atoms in total. The standard InChI is InChI=1S/C19H21NO5/c1-24-13-7-8-14(16-9-10-17(25-16)19(22)23)15(11-13)20-18(21)12-5-3-2-4-6-12/h7-12H,2-6H2,1H3,(H,20,21)(H,22,23). The van der Waals surface area contributed by atoms with E-state index in [4.69, 9.17) is 14.3 Å². The summed E-state index contributed by atoms with van der Waals surface area (Å²) in [5, 5.41) is 12.0. The highest BCUT2D eigenvalue weighted by molar-refractivity contribution is 5.97. The summed E-state index contributed by atoms with van der Waals surface area (Å²) in [6.07, 6.45) is 5.12. The zero-order valence-corrected chi connectivity index (χ0v) is 14.1. The van der Waals surface area contributed by atoms with Crippen LogP contribution in [0.5, 0.6) is 5.75 Å². The zero-order chi connectivity index (χ0) is 17.8. The number of hydrogen-bond donors (Lipinski definition) is 2. The van der Waals surface area contributed by atoms with Crippen molar-refractivity contribution in [1.82, 2.24) is 0 Å². The van der Waals surface area contributed by atoms with Gasteiger partial charge in [0.25, 0.3) is 0 Å². The molecule has 2 N–H and O–H groups in total. The van der Waals surface area contributed by atoms with Gasteiger partial charge in [0.05, 0.1) is 12.8 Å². The number of ether oxygens (including phenoxy) is 1. The number of carboxylic acid groups (broad SMARTS) is 1. The maximum Gasteiger partial charge on any atom is 0.371 e. The monoisotopic (exact) mass is 343 g/mol. The first-order valence-electron chi connectivity index (χ1n) is 8.41. The summed E-state index contributed by atoms with van der Waals surface area (Å²) in [5.41, 5.74) is 1.18. The molecule has 132 valence electrons. The van der Waals surface area contributed by atoms with E-state index < -0.39 is 5.97 Å². The van der Waals surface area contributed by atoms with Crippen LogP contribution in [-0.2, 0) is 4.79 Å². The van der Waals surface area contributed by atoms with Gasteiger partial charge in [0.1, 0.15) is 11.5 Å². The summed E-state index contributed by atoms with van der Waals surface area (Å²) in [6, 6.07) is 8.20. The summed E-state index contributed by atoms with van der Waals surface area (Å²) in [6.45, 7) is 0. The molecule has 1 aliphatic carbocycles. The van der Waals surface area contributed by atoms with Gasteiger partial charge < -0.3 is 19.6 Å². The Kier molecular flexibility index (Phi) is 5.07. The summed E-state index contributed by atoms with van der Waals surface area (Å²) >= 11 is 0. The minimum Gasteiger partial charge on any atom is -0.497 e. The zero-order valence-electron chi connectivity index (χ0n) is 14.1. The number of benzene rings is 1. The number of nitrogens with one attached hydrogen (secondary N) is 1. The maximum absolute atomic E-state index is 12.6. The molecule has 6 heteroatoms. The molecule has 2 aromatic rings. The van der Waals surface area contributed by atoms with Crippen molar-refractivity contribution in [3.05, 3.63) is 36.1 Å². The Hall–Kier alpha value is -2.76. The Morgan fingerprint density at radius 2 is 1.92 bits per heavy atom. The van der Waals surface area contributed by atoms with Crippen molar-refractivity contribution in [2.24, 2.45) is 5.92 Å². The van der Waals surface area contributed by atoms with Crippen LogP contribution >= 0.6 is 0 Å². The molecular weight excluding hydrogens is 322 g/mol. The largest absolute Gasteiger partial charge is 0.497 e. The van der Waals surface area contributed by atoms with Crippen LogP contribution in [0.4, 0.5) is 5.69 Å². The van der Waals surface area contributed by atoms with Crippen LogP contribution in [-0.4, -0.2) is 24.1 Å². The summed E-state index contributed by atoms with van der Waals surface area (Å²) in [4.78, 5) is 23.6. The van der Waals surface area contributed by atoms with Crippen molar-refractivity contribution in [1.29, 1.82) is 0 Å². The average Bonchev–Trinajstić information content (AvgIpc) is 3.12. The molecule has 1 fully saturated rings. The molecule has 1 heterocycles. The van der Waals surface area contributed by atoms with Gasteiger partial charge in [-0.05, 0) is 37.1 Å². The number of amides is 1. The number of methoxy groups -OCH3 is 1. The maximum atomic E-state index is 12.6. The lowest BCUT2D eigenvalue weighted by Crippen LogP contribution is -2.25. The van der Waals surface area contributed by atoms with Gasteiger partial charge in [-0.2, -0.15) is 0 Å². The molecule has 0 bridgehead atoms. The van der Waals surface area contributed by atoms with Gasteiger partial charge in [0.15, 0.2) is 0 Å². The second-order valence-electron chi connectivity index (χ2n) is 6.20. The van der Waals surface area contributed by atoms with Crippen LogP contribution < -0.4 is 10.1 Å². The Bertz CT molecular complexity index is 774. The molecule has 1 saturated carbocycles. The molecule has 3 rings (SSSR count). The van der Waals surface area contributed by atoms with Crippen LogP contribution in [0.3, 0.4) is 0 Å². The number of carboxylic acids is 1. The number of rotatable bonds is 5. The van der Waals surface area contributed by atoms with Crippen molar-refractivity contribution in [2.75, 3.05) is 12.4 Å². The van der Waals surface area contributed by atoms with E-state index in [0.717, 1.165) is 25.7 Å². The van der Waals surface area contributed by atoms with Crippen molar-refractivity contribution in [3.63, 3.8) is 0 Å². The average molecular weight is 343 g/mol. The van der Waals surface area contributed by atoms with Crippen molar-refractivity contribution < 1.29 is 23.8 Å². The van der Waals surface area contributed by atoms with Gasteiger partial charge in [-0.15, -0.1) is 0 Å². The van der Waals surface area contributed by atoms with E-state index in [-0.39, 0.29) is 17.6 Å². The summed E-state index contributed by atoms with van der Waals surface area (Å²) < 4.78 is 10.6.